The van der Waals surface area contributed by atoms with Gasteiger partial charge < -0.3 is 15.5 Å². The van der Waals surface area contributed by atoms with Gasteiger partial charge in [0.05, 0.1) is 17.1 Å². The van der Waals surface area contributed by atoms with Crippen LogP contribution in [-0.4, -0.2) is 53.8 Å². The van der Waals surface area contributed by atoms with Crippen molar-refractivity contribution in [2.75, 3.05) is 23.3 Å². The molecule has 202 valence electrons. The molecular weight excluding hydrogens is 545 g/mol. The van der Waals surface area contributed by atoms with Gasteiger partial charge in [-0.25, -0.2) is 23.4 Å². The maximum atomic E-state index is 12.8. The minimum Gasteiger partial charge on any atom is -0.357 e. The van der Waals surface area contributed by atoms with Gasteiger partial charge in [0.2, 0.25) is 0 Å². The quantitative estimate of drug-likeness (QED) is 0.438. The third-order valence-corrected chi connectivity index (χ3v) is 8.40. The lowest BCUT2D eigenvalue weighted by Gasteiger charge is -2.27. The number of anilines is 2. The number of hydrogen-bond donors (Lipinski definition) is 2. The zero-order valence-corrected chi connectivity index (χ0v) is 21.7. The minimum atomic E-state index is -5.56. The Kier molecular flexibility index (Phi) is 7.97. The van der Waals surface area contributed by atoms with Crippen molar-refractivity contribution in [3.05, 3.63) is 58.4 Å². The Labute approximate surface area is 220 Å². The van der Waals surface area contributed by atoms with Gasteiger partial charge in [-0.1, -0.05) is 6.07 Å². The highest BCUT2D eigenvalue weighted by molar-refractivity contribution is 7.92. The maximum absolute atomic E-state index is 12.8. The fourth-order valence-corrected chi connectivity index (χ4v) is 5.38. The van der Waals surface area contributed by atoms with E-state index in [0.717, 1.165) is 61.9 Å². The van der Waals surface area contributed by atoms with Gasteiger partial charge in [0.15, 0.2) is 0 Å². The molecule has 1 aromatic carbocycles. The summed E-state index contributed by atoms with van der Waals surface area (Å²) in [5, 5.41) is 5.55. The Balaban J connectivity index is 1.41. The summed E-state index contributed by atoms with van der Waals surface area (Å²) in [6, 6.07) is 4.92. The molecule has 1 saturated heterocycles. The highest BCUT2D eigenvalue weighted by Crippen LogP contribution is 2.31. The van der Waals surface area contributed by atoms with Crippen LogP contribution in [0.3, 0.4) is 0 Å². The van der Waals surface area contributed by atoms with Crippen molar-refractivity contribution in [1.82, 2.24) is 20.3 Å². The molecule has 1 aliphatic heterocycles. The molecule has 15 heteroatoms. The number of carbonyl (C=O) groups excluding carboxylic acids is 2. The molecule has 1 fully saturated rings. The summed E-state index contributed by atoms with van der Waals surface area (Å²) in [5.41, 5.74) is -5.41. The van der Waals surface area contributed by atoms with Crippen LogP contribution in [0.2, 0.25) is 0 Å². The summed E-state index contributed by atoms with van der Waals surface area (Å²) in [6.45, 7) is 3.40. The Morgan fingerprint density at radius 3 is 2.50 bits per heavy atom. The predicted octanol–water partition coefficient (Wildman–Crippen LogP) is 3.96. The Bertz CT molecular complexity index is 1440. The molecule has 1 atom stereocenters. The van der Waals surface area contributed by atoms with Gasteiger partial charge in [-0.05, 0) is 44.4 Å². The van der Waals surface area contributed by atoms with E-state index in [4.69, 9.17) is 0 Å². The fraction of sp³-hybridized carbons (Fsp3) is 0.348. The smallest absolute Gasteiger partial charge is 0.357 e. The van der Waals surface area contributed by atoms with Gasteiger partial charge in [0.25, 0.3) is 21.7 Å². The molecule has 0 spiro atoms. The summed E-state index contributed by atoms with van der Waals surface area (Å²) < 4.78 is 61.8. The van der Waals surface area contributed by atoms with Crippen LogP contribution in [0.5, 0.6) is 0 Å². The second kappa shape index (κ2) is 11.0. The lowest BCUT2D eigenvalue weighted by molar-refractivity contribution is -0.0436. The molecule has 38 heavy (non-hydrogen) atoms. The van der Waals surface area contributed by atoms with Crippen molar-refractivity contribution < 1.29 is 31.2 Å². The molecule has 2 amide bonds. The minimum absolute atomic E-state index is 0.111. The number of halogens is 3. The predicted molar refractivity (Wildman–Crippen MR) is 134 cm³/mol. The number of hydrogen-bond acceptors (Lipinski definition) is 9. The number of sulfone groups is 1. The normalized spacial score (nSPS) is 15.1. The second-order valence-corrected chi connectivity index (χ2v) is 11.5. The number of nitrogens with zero attached hydrogens (tertiary/aromatic N) is 4. The highest BCUT2D eigenvalue weighted by Gasteiger charge is 2.46. The summed E-state index contributed by atoms with van der Waals surface area (Å²) in [4.78, 5) is 39.1. The third-order valence-electron chi connectivity index (χ3n) is 5.74. The molecule has 2 aromatic heterocycles. The van der Waals surface area contributed by atoms with E-state index in [2.05, 4.69) is 30.5 Å². The van der Waals surface area contributed by atoms with Gasteiger partial charge in [-0.15, -0.1) is 11.3 Å². The van der Waals surface area contributed by atoms with Crippen LogP contribution < -0.4 is 15.5 Å². The van der Waals surface area contributed by atoms with Crippen molar-refractivity contribution in [2.45, 2.75) is 42.6 Å². The van der Waals surface area contributed by atoms with E-state index >= 15 is 0 Å². The van der Waals surface area contributed by atoms with Gasteiger partial charge in [-0.2, -0.15) is 13.2 Å². The van der Waals surface area contributed by atoms with Crippen molar-refractivity contribution in [1.29, 1.82) is 0 Å². The van der Waals surface area contributed by atoms with E-state index in [1.165, 1.54) is 18.6 Å². The molecule has 0 saturated carbocycles. The summed E-state index contributed by atoms with van der Waals surface area (Å²) in [7, 11) is -5.56. The number of nitrogens with one attached hydrogen (secondary N) is 2. The number of benzene rings is 1. The largest absolute Gasteiger partial charge is 0.501 e. The van der Waals surface area contributed by atoms with Crippen LogP contribution in [-0.2, 0) is 9.84 Å². The summed E-state index contributed by atoms with van der Waals surface area (Å²) >= 11 is 0.968. The molecule has 3 aromatic rings. The first-order chi connectivity index (χ1) is 18.0. The number of carbonyl (C=O) groups is 2. The molecule has 0 aliphatic carbocycles. The lowest BCUT2D eigenvalue weighted by Crippen LogP contribution is -2.31. The summed E-state index contributed by atoms with van der Waals surface area (Å²) in [6.07, 6.45) is 5.87. The molecule has 1 unspecified atom stereocenters. The van der Waals surface area contributed by atoms with Gasteiger partial charge in [0, 0.05) is 24.8 Å². The topological polar surface area (TPSA) is 134 Å². The molecular formula is C23H23F3N6O4S2. The average Bonchev–Trinajstić information content (AvgIpc) is 3.40. The van der Waals surface area contributed by atoms with Crippen molar-refractivity contribution >= 4 is 44.5 Å². The molecule has 1 aliphatic rings. The van der Waals surface area contributed by atoms with E-state index in [9.17, 15) is 31.2 Å². The standard InChI is InChI=1S/C23H23F3N6O4S2/c1-14(30-20(33)17-11-19(29-13-28-17)32-8-3-2-4-9-32)22-27-12-18(37-22)21(34)31-15-6-5-7-16(10-15)38(35,36)23(24,25)26/h5-7,10-14H,2-4,8-9H2,1H3,(H,30,33)(H,31,34). The Morgan fingerprint density at radius 2 is 1.79 bits per heavy atom. The van der Waals surface area contributed by atoms with Crippen molar-refractivity contribution in [3.63, 3.8) is 0 Å². The van der Waals surface area contributed by atoms with Crippen LogP contribution in [0.1, 0.15) is 57.4 Å². The number of alkyl halides is 3. The highest BCUT2D eigenvalue weighted by atomic mass is 32.2. The molecule has 10 nitrogen and oxygen atoms in total. The van der Waals surface area contributed by atoms with E-state index < -0.39 is 38.1 Å². The number of piperidine rings is 1. The SMILES string of the molecule is CC(NC(=O)c1cc(N2CCCCC2)ncn1)c1ncc(C(=O)Nc2cccc(S(=O)(=O)C(F)(F)F)c2)s1. The number of thiazole rings is 1. The van der Waals surface area contributed by atoms with Crippen LogP contribution >= 0.6 is 11.3 Å². The van der Waals surface area contributed by atoms with E-state index in [1.807, 2.05) is 0 Å². The van der Waals surface area contributed by atoms with Crippen LogP contribution in [0.25, 0.3) is 0 Å². The van der Waals surface area contributed by atoms with Crippen molar-refractivity contribution in [2.24, 2.45) is 0 Å². The monoisotopic (exact) mass is 568 g/mol. The number of amides is 2. The first-order valence-electron chi connectivity index (χ1n) is 11.5. The zero-order valence-electron chi connectivity index (χ0n) is 20.0. The van der Waals surface area contributed by atoms with E-state index in [0.29, 0.717) is 10.8 Å². The molecule has 0 bridgehead atoms. The Morgan fingerprint density at radius 1 is 1.05 bits per heavy atom. The number of aromatic nitrogens is 3. The van der Waals surface area contributed by atoms with E-state index in [1.54, 1.807) is 13.0 Å². The maximum Gasteiger partial charge on any atom is 0.501 e. The van der Waals surface area contributed by atoms with Crippen LogP contribution in [0.15, 0.2) is 47.8 Å². The lowest BCUT2D eigenvalue weighted by atomic mass is 10.1. The average molecular weight is 569 g/mol. The van der Waals surface area contributed by atoms with Crippen molar-refractivity contribution in [3.8, 4) is 0 Å². The zero-order chi connectivity index (χ0) is 27.5. The first-order valence-corrected chi connectivity index (χ1v) is 13.8. The Hall–Kier alpha value is -3.59. The number of rotatable bonds is 7. The van der Waals surface area contributed by atoms with Crippen LogP contribution in [0, 0.1) is 0 Å². The molecule has 0 radical (unpaired) electrons. The van der Waals surface area contributed by atoms with E-state index in [-0.39, 0.29) is 16.3 Å². The molecule has 2 N–H and O–H groups in total. The first kappa shape index (κ1) is 27.4. The van der Waals surface area contributed by atoms with Crippen LogP contribution in [0.4, 0.5) is 24.7 Å². The fourth-order valence-electron chi connectivity index (χ4n) is 3.76. The van der Waals surface area contributed by atoms with Gasteiger partial charge >= 0.3 is 5.51 Å². The van der Waals surface area contributed by atoms with Gasteiger partial charge in [0.1, 0.15) is 27.7 Å². The third kappa shape index (κ3) is 6.10. The van der Waals surface area contributed by atoms with Gasteiger partial charge in [-0.3, -0.25) is 9.59 Å². The second-order valence-electron chi connectivity index (χ2n) is 8.50. The molecule has 3 heterocycles. The molecule has 4 rings (SSSR count). The summed E-state index contributed by atoms with van der Waals surface area (Å²) in [5.74, 6) is -0.462.